The summed E-state index contributed by atoms with van der Waals surface area (Å²) in [7, 11) is 0. The normalized spacial score (nSPS) is 14.1. The number of rotatable bonds is 5. The molecule has 2 aromatic heterocycles. The van der Waals surface area contributed by atoms with Crippen molar-refractivity contribution in [3.05, 3.63) is 44.8 Å². The Bertz CT molecular complexity index is 489. The van der Waals surface area contributed by atoms with Gasteiger partial charge >= 0.3 is 0 Å². The van der Waals surface area contributed by atoms with Crippen LogP contribution in [0.15, 0.2) is 34.3 Å². The van der Waals surface area contributed by atoms with Gasteiger partial charge in [0.2, 0.25) is 5.91 Å². The fraction of sp³-hybridized carbons (Fsp3) is 0.308. The fourth-order valence-corrected chi connectivity index (χ4v) is 3.06. The Morgan fingerprint density at radius 1 is 1.44 bits per heavy atom. The quantitative estimate of drug-likeness (QED) is 0.884. The monoisotopic (exact) mass is 281 g/mol. The van der Waals surface area contributed by atoms with Crippen LogP contribution in [0.5, 0.6) is 0 Å². The smallest absolute Gasteiger partial charge is 0.225 e. The molecule has 0 spiro atoms. The van der Waals surface area contributed by atoms with Crippen molar-refractivity contribution in [1.29, 1.82) is 0 Å². The first-order chi connectivity index (χ1) is 8.58. The molecule has 0 aromatic carbocycles. The van der Waals surface area contributed by atoms with Crippen LogP contribution < -0.4 is 5.32 Å². The number of hydrogen-bond acceptors (Lipinski definition) is 4. The second-order valence-corrected chi connectivity index (χ2v) is 6.13. The second kappa shape index (κ2) is 5.65. The summed E-state index contributed by atoms with van der Waals surface area (Å²) >= 11 is 3.09. The van der Waals surface area contributed by atoms with Gasteiger partial charge in [-0.15, -0.1) is 11.3 Å². The van der Waals surface area contributed by atoms with E-state index >= 15 is 0 Å². The summed E-state index contributed by atoms with van der Waals surface area (Å²) in [6, 6.07) is 5.73. The van der Waals surface area contributed by atoms with Crippen molar-refractivity contribution >= 4 is 28.6 Å². The molecule has 18 heavy (non-hydrogen) atoms. The molecule has 0 aliphatic rings. The van der Waals surface area contributed by atoms with Crippen molar-refractivity contribution in [2.75, 3.05) is 6.54 Å². The average Bonchev–Trinajstić information content (AvgIpc) is 2.99. The Hall–Kier alpha value is -1.17. The molecule has 2 heterocycles. The van der Waals surface area contributed by atoms with Crippen molar-refractivity contribution in [1.82, 2.24) is 5.32 Å². The van der Waals surface area contributed by atoms with Gasteiger partial charge in [-0.25, -0.2) is 0 Å². The van der Waals surface area contributed by atoms with E-state index in [9.17, 15) is 9.90 Å². The molecule has 0 aliphatic carbocycles. The van der Waals surface area contributed by atoms with E-state index in [2.05, 4.69) is 5.32 Å². The molecule has 2 rings (SSSR count). The molecule has 0 saturated carbocycles. The van der Waals surface area contributed by atoms with E-state index in [1.165, 1.54) is 11.3 Å². The minimum Gasteiger partial charge on any atom is -0.384 e. The zero-order valence-electron chi connectivity index (χ0n) is 10.1. The van der Waals surface area contributed by atoms with E-state index in [0.717, 1.165) is 10.4 Å². The van der Waals surface area contributed by atoms with Crippen molar-refractivity contribution in [2.24, 2.45) is 0 Å². The van der Waals surface area contributed by atoms with Crippen LogP contribution in [0.25, 0.3) is 0 Å². The third kappa shape index (κ3) is 3.41. The molecule has 0 bridgehead atoms. The zero-order valence-corrected chi connectivity index (χ0v) is 11.7. The Labute approximate surface area is 114 Å². The molecule has 0 saturated heterocycles. The van der Waals surface area contributed by atoms with Gasteiger partial charge in [0, 0.05) is 4.88 Å². The maximum atomic E-state index is 11.7. The summed E-state index contributed by atoms with van der Waals surface area (Å²) in [6.45, 7) is 1.94. The molecular weight excluding hydrogens is 266 g/mol. The summed E-state index contributed by atoms with van der Waals surface area (Å²) in [5.74, 6) is -0.0621. The SMILES string of the molecule is CC(O)(CNC(=O)Cc1cccs1)c1ccsc1. The minimum absolute atomic E-state index is 0.0621. The van der Waals surface area contributed by atoms with E-state index in [1.54, 1.807) is 18.3 Å². The molecule has 96 valence electrons. The highest BCUT2D eigenvalue weighted by atomic mass is 32.1. The van der Waals surface area contributed by atoms with Gasteiger partial charge in [0.15, 0.2) is 0 Å². The summed E-state index contributed by atoms with van der Waals surface area (Å²) < 4.78 is 0. The topological polar surface area (TPSA) is 49.3 Å². The van der Waals surface area contributed by atoms with Crippen molar-refractivity contribution in [3.63, 3.8) is 0 Å². The lowest BCUT2D eigenvalue weighted by molar-refractivity contribution is -0.121. The van der Waals surface area contributed by atoms with E-state index in [4.69, 9.17) is 0 Å². The predicted octanol–water partition coefficient (Wildman–Crippen LogP) is 2.38. The molecule has 2 N–H and O–H groups in total. The molecule has 0 fully saturated rings. The van der Waals surface area contributed by atoms with Crippen LogP contribution in [0.3, 0.4) is 0 Å². The standard InChI is InChI=1S/C13H15NO2S2/c1-13(16,10-4-6-17-8-10)9-14-12(15)7-11-3-2-5-18-11/h2-6,8,16H,7,9H2,1H3,(H,14,15). The Balaban J connectivity index is 1.86. The van der Waals surface area contributed by atoms with Crippen LogP contribution in [-0.4, -0.2) is 17.6 Å². The van der Waals surface area contributed by atoms with Gasteiger partial charge in [-0.1, -0.05) is 6.07 Å². The molecule has 1 unspecified atom stereocenters. The molecule has 0 aliphatic heterocycles. The number of hydrogen-bond donors (Lipinski definition) is 2. The van der Waals surface area contributed by atoms with Gasteiger partial charge in [-0.05, 0) is 40.8 Å². The van der Waals surface area contributed by atoms with Crippen molar-refractivity contribution < 1.29 is 9.90 Å². The van der Waals surface area contributed by atoms with Gasteiger partial charge in [-0.2, -0.15) is 11.3 Å². The molecule has 1 amide bonds. The van der Waals surface area contributed by atoms with Gasteiger partial charge in [0.25, 0.3) is 0 Å². The molecule has 0 radical (unpaired) electrons. The Kier molecular flexibility index (Phi) is 4.16. The number of aliphatic hydroxyl groups is 1. The lowest BCUT2D eigenvalue weighted by Crippen LogP contribution is -2.38. The number of carbonyl (C=O) groups excluding carboxylic acids is 1. The maximum Gasteiger partial charge on any atom is 0.225 e. The largest absolute Gasteiger partial charge is 0.384 e. The summed E-state index contributed by atoms with van der Waals surface area (Å²) in [5, 5.41) is 18.8. The highest BCUT2D eigenvalue weighted by Crippen LogP contribution is 2.22. The third-order valence-corrected chi connectivity index (χ3v) is 4.25. The highest BCUT2D eigenvalue weighted by molar-refractivity contribution is 7.10. The molecule has 3 nitrogen and oxygen atoms in total. The van der Waals surface area contributed by atoms with Crippen LogP contribution in [0, 0.1) is 0 Å². The van der Waals surface area contributed by atoms with E-state index < -0.39 is 5.60 Å². The first-order valence-electron chi connectivity index (χ1n) is 5.62. The van der Waals surface area contributed by atoms with Gasteiger partial charge in [0.05, 0.1) is 13.0 Å². The number of nitrogens with one attached hydrogen (secondary N) is 1. The first-order valence-corrected chi connectivity index (χ1v) is 7.44. The maximum absolute atomic E-state index is 11.7. The van der Waals surface area contributed by atoms with Crippen LogP contribution in [0.1, 0.15) is 17.4 Å². The number of amides is 1. The summed E-state index contributed by atoms with van der Waals surface area (Å²) in [5.41, 5.74) is -0.172. The van der Waals surface area contributed by atoms with E-state index in [0.29, 0.717) is 6.42 Å². The van der Waals surface area contributed by atoms with Gasteiger partial charge in [-0.3, -0.25) is 4.79 Å². The minimum atomic E-state index is -1.01. The zero-order chi connectivity index (χ0) is 13.0. The molecule has 5 heteroatoms. The molecule has 1 atom stereocenters. The van der Waals surface area contributed by atoms with Crippen LogP contribution >= 0.6 is 22.7 Å². The van der Waals surface area contributed by atoms with Crippen molar-refractivity contribution in [3.8, 4) is 0 Å². The Morgan fingerprint density at radius 2 is 2.28 bits per heavy atom. The lowest BCUT2D eigenvalue weighted by atomic mass is 9.99. The van der Waals surface area contributed by atoms with E-state index in [-0.39, 0.29) is 12.5 Å². The van der Waals surface area contributed by atoms with Crippen LogP contribution in [0.4, 0.5) is 0 Å². The number of thiophene rings is 2. The highest BCUT2D eigenvalue weighted by Gasteiger charge is 2.24. The second-order valence-electron chi connectivity index (χ2n) is 4.32. The predicted molar refractivity (Wildman–Crippen MR) is 74.9 cm³/mol. The first kappa shape index (κ1) is 13.3. The van der Waals surface area contributed by atoms with Gasteiger partial charge in [0.1, 0.15) is 5.60 Å². The molecule has 2 aromatic rings. The summed E-state index contributed by atoms with van der Waals surface area (Å²) in [4.78, 5) is 12.7. The Morgan fingerprint density at radius 3 is 2.89 bits per heavy atom. The van der Waals surface area contributed by atoms with Gasteiger partial charge < -0.3 is 10.4 Å². The average molecular weight is 281 g/mol. The van der Waals surface area contributed by atoms with Crippen molar-refractivity contribution in [2.45, 2.75) is 18.9 Å². The summed E-state index contributed by atoms with van der Waals surface area (Å²) in [6.07, 6.45) is 0.372. The van der Waals surface area contributed by atoms with E-state index in [1.807, 2.05) is 34.3 Å². The van der Waals surface area contributed by atoms with Crippen LogP contribution in [0.2, 0.25) is 0 Å². The van der Waals surface area contributed by atoms with Crippen LogP contribution in [-0.2, 0) is 16.8 Å². The number of carbonyl (C=O) groups is 1. The third-order valence-electron chi connectivity index (χ3n) is 2.69. The fourth-order valence-electron chi connectivity index (χ4n) is 1.58. The lowest BCUT2D eigenvalue weighted by Gasteiger charge is -2.22. The molecular formula is C13H15NO2S2.